The topological polar surface area (TPSA) is 109 Å². The molecule has 0 saturated heterocycles. The largest absolute Gasteiger partial charge is 0.478 e. The first-order chi connectivity index (χ1) is 11.4. The van der Waals surface area contributed by atoms with Crippen molar-refractivity contribution in [1.82, 2.24) is 10.3 Å². The van der Waals surface area contributed by atoms with Crippen molar-refractivity contribution in [2.45, 2.75) is 19.4 Å². The Hall–Kier alpha value is -2.38. The number of aliphatic carboxylic acids is 2. The van der Waals surface area contributed by atoms with Crippen molar-refractivity contribution in [1.29, 1.82) is 0 Å². The van der Waals surface area contributed by atoms with Gasteiger partial charge in [-0.25, -0.2) is 14.6 Å². The summed E-state index contributed by atoms with van der Waals surface area (Å²) in [5.41, 5.74) is 0. The number of ether oxygens (including phenoxy) is 1. The van der Waals surface area contributed by atoms with E-state index in [1.54, 1.807) is 6.07 Å². The van der Waals surface area contributed by atoms with E-state index >= 15 is 0 Å². The number of halogens is 1. The van der Waals surface area contributed by atoms with Gasteiger partial charge in [0.2, 0.25) is 5.88 Å². The van der Waals surface area contributed by atoms with Crippen LogP contribution < -0.4 is 10.1 Å². The molecule has 0 radical (unpaired) electrons. The molecule has 132 valence electrons. The van der Waals surface area contributed by atoms with E-state index in [9.17, 15) is 9.59 Å². The molecule has 1 aromatic rings. The quantitative estimate of drug-likeness (QED) is 0.372. The number of hydrogen-bond donors (Lipinski definition) is 3. The monoisotopic (exact) mass is 356 g/mol. The van der Waals surface area contributed by atoms with Crippen molar-refractivity contribution in [2.24, 2.45) is 0 Å². The van der Waals surface area contributed by atoms with Crippen LogP contribution in [0.3, 0.4) is 0 Å². The van der Waals surface area contributed by atoms with Crippen LogP contribution in [0.25, 0.3) is 0 Å². The molecule has 0 aliphatic heterocycles. The lowest BCUT2D eigenvalue weighted by atomic mass is 10.2. The Labute approximate surface area is 145 Å². The summed E-state index contributed by atoms with van der Waals surface area (Å²) < 4.78 is 5.72. The minimum Gasteiger partial charge on any atom is -0.478 e. The Morgan fingerprint density at radius 3 is 2.42 bits per heavy atom. The van der Waals surface area contributed by atoms with E-state index < -0.39 is 11.9 Å². The molecule has 3 N–H and O–H groups in total. The van der Waals surface area contributed by atoms with E-state index in [0.717, 1.165) is 13.0 Å². The summed E-state index contributed by atoms with van der Waals surface area (Å²) in [5.74, 6) is -1.95. The molecule has 1 rings (SSSR count). The first-order valence-corrected chi connectivity index (χ1v) is 7.47. The highest BCUT2D eigenvalue weighted by atomic mass is 35.5. The van der Waals surface area contributed by atoms with E-state index in [1.165, 1.54) is 0 Å². The van der Waals surface area contributed by atoms with Gasteiger partial charge in [-0.1, -0.05) is 23.7 Å². The molecule has 0 aromatic carbocycles. The second-order valence-corrected chi connectivity index (χ2v) is 4.77. The smallest absolute Gasteiger partial charge is 0.328 e. The lowest BCUT2D eigenvalue weighted by molar-refractivity contribution is -0.134. The molecule has 0 fully saturated rings. The molecule has 8 heteroatoms. The molecule has 24 heavy (non-hydrogen) atoms. The minimum absolute atomic E-state index is 0.0309. The lowest BCUT2D eigenvalue weighted by Crippen LogP contribution is -2.20. The van der Waals surface area contributed by atoms with Crippen LogP contribution in [-0.4, -0.2) is 46.8 Å². The number of allylic oxidation sites excluding steroid dienone is 1. The first kappa shape index (κ1) is 21.6. The standard InChI is InChI=1S/C12H17ClN2O.C4H4O4/c1-3-5-10(8-9-14-2)16-12-7-4-6-11(13)15-12;5-3(6)1-2-4(7)8/h3-7,10,14H,8-9H2,1-2H3;1-2H,(H,5,6)(H,7,8)/b5-3+;2-1+. The predicted molar refractivity (Wildman–Crippen MR) is 91.4 cm³/mol. The number of nitrogens with one attached hydrogen (secondary N) is 1. The van der Waals surface area contributed by atoms with Gasteiger partial charge in [-0.3, -0.25) is 0 Å². The summed E-state index contributed by atoms with van der Waals surface area (Å²) in [6.45, 7) is 2.87. The number of aromatic nitrogens is 1. The molecule has 1 unspecified atom stereocenters. The normalized spacial score (nSPS) is 11.8. The first-order valence-electron chi connectivity index (χ1n) is 7.09. The SMILES string of the molecule is C/C=C/C(CCNC)Oc1cccc(Cl)n1.O=C(O)/C=C/C(=O)O. The third kappa shape index (κ3) is 12.2. The zero-order valence-corrected chi connectivity index (χ0v) is 14.2. The highest BCUT2D eigenvalue weighted by Crippen LogP contribution is 2.14. The van der Waals surface area contributed by atoms with Crippen LogP contribution in [0, 0.1) is 0 Å². The minimum atomic E-state index is -1.26. The van der Waals surface area contributed by atoms with Crippen LogP contribution >= 0.6 is 11.6 Å². The highest BCUT2D eigenvalue weighted by molar-refractivity contribution is 6.29. The second kappa shape index (κ2) is 13.1. The Kier molecular flexibility index (Phi) is 11.8. The highest BCUT2D eigenvalue weighted by Gasteiger charge is 2.06. The molecule has 7 nitrogen and oxygen atoms in total. The van der Waals surface area contributed by atoms with Gasteiger partial charge in [0.05, 0.1) is 0 Å². The van der Waals surface area contributed by atoms with Crippen molar-refractivity contribution < 1.29 is 24.5 Å². The molecule has 0 amide bonds. The zero-order chi connectivity index (χ0) is 18.4. The molecular weight excluding hydrogens is 336 g/mol. The number of carboxylic acid groups (broad SMARTS) is 2. The van der Waals surface area contributed by atoms with Crippen LogP contribution in [0.1, 0.15) is 13.3 Å². The third-order valence-corrected chi connectivity index (χ3v) is 2.63. The fourth-order valence-electron chi connectivity index (χ4n) is 1.45. The summed E-state index contributed by atoms with van der Waals surface area (Å²) >= 11 is 5.79. The maximum absolute atomic E-state index is 9.55. The van der Waals surface area contributed by atoms with Crippen molar-refractivity contribution >= 4 is 23.5 Å². The molecule has 0 saturated carbocycles. The zero-order valence-electron chi connectivity index (χ0n) is 13.5. The van der Waals surface area contributed by atoms with Gasteiger partial charge in [0.15, 0.2) is 0 Å². The molecular formula is C16H21ClN2O5. The van der Waals surface area contributed by atoms with Gasteiger partial charge >= 0.3 is 11.9 Å². The van der Waals surface area contributed by atoms with Crippen LogP contribution in [0.2, 0.25) is 5.15 Å². The summed E-state index contributed by atoms with van der Waals surface area (Å²) in [5, 5.41) is 19.2. The van der Waals surface area contributed by atoms with E-state index in [1.807, 2.05) is 38.3 Å². The molecule has 1 aromatic heterocycles. The van der Waals surface area contributed by atoms with Crippen LogP contribution in [0.15, 0.2) is 42.5 Å². The fourth-order valence-corrected chi connectivity index (χ4v) is 1.60. The van der Waals surface area contributed by atoms with Gasteiger partial charge in [-0.05, 0) is 32.7 Å². The fraction of sp³-hybridized carbons (Fsp3) is 0.312. The molecule has 0 spiro atoms. The second-order valence-electron chi connectivity index (χ2n) is 4.38. The van der Waals surface area contributed by atoms with Crippen molar-refractivity contribution in [3.8, 4) is 5.88 Å². The number of pyridine rings is 1. The summed E-state index contributed by atoms with van der Waals surface area (Å²) in [6, 6.07) is 5.36. The van der Waals surface area contributed by atoms with E-state index in [-0.39, 0.29) is 6.10 Å². The average Bonchev–Trinajstić information content (AvgIpc) is 2.51. The molecule has 0 bridgehead atoms. The Morgan fingerprint density at radius 2 is 1.96 bits per heavy atom. The maximum Gasteiger partial charge on any atom is 0.328 e. The van der Waals surface area contributed by atoms with E-state index in [2.05, 4.69) is 10.3 Å². The summed E-state index contributed by atoms with van der Waals surface area (Å²) in [7, 11) is 1.92. The Bertz CT molecular complexity index is 559. The van der Waals surface area contributed by atoms with E-state index in [0.29, 0.717) is 23.2 Å². The number of carbonyl (C=O) groups is 2. The van der Waals surface area contributed by atoms with Gasteiger partial charge in [0.25, 0.3) is 0 Å². The van der Waals surface area contributed by atoms with Gasteiger partial charge in [0, 0.05) is 24.6 Å². The Morgan fingerprint density at radius 1 is 1.33 bits per heavy atom. The molecule has 0 aliphatic carbocycles. The Balaban J connectivity index is 0.000000561. The molecule has 1 heterocycles. The molecule has 1 atom stereocenters. The number of carboxylic acids is 2. The van der Waals surface area contributed by atoms with Gasteiger partial charge in [-0.15, -0.1) is 0 Å². The van der Waals surface area contributed by atoms with Gasteiger partial charge in [0.1, 0.15) is 11.3 Å². The van der Waals surface area contributed by atoms with Crippen LogP contribution in [-0.2, 0) is 9.59 Å². The average molecular weight is 357 g/mol. The maximum atomic E-state index is 9.55. The van der Waals surface area contributed by atoms with Gasteiger partial charge < -0.3 is 20.3 Å². The predicted octanol–water partition coefficient (Wildman–Crippen LogP) is 2.38. The number of nitrogens with zero attached hydrogens (tertiary/aromatic N) is 1. The summed E-state index contributed by atoms with van der Waals surface area (Å²) in [6.07, 6.45) is 6.04. The van der Waals surface area contributed by atoms with Crippen molar-refractivity contribution in [3.05, 3.63) is 47.7 Å². The number of hydrogen-bond acceptors (Lipinski definition) is 5. The lowest BCUT2D eigenvalue weighted by Gasteiger charge is -2.14. The van der Waals surface area contributed by atoms with Crippen LogP contribution in [0.5, 0.6) is 5.88 Å². The third-order valence-electron chi connectivity index (χ3n) is 2.42. The van der Waals surface area contributed by atoms with Gasteiger partial charge in [-0.2, -0.15) is 0 Å². The molecule has 0 aliphatic rings. The van der Waals surface area contributed by atoms with Crippen molar-refractivity contribution in [2.75, 3.05) is 13.6 Å². The number of rotatable bonds is 8. The summed E-state index contributed by atoms with van der Waals surface area (Å²) in [4.78, 5) is 23.2. The van der Waals surface area contributed by atoms with Crippen molar-refractivity contribution in [3.63, 3.8) is 0 Å². The van der Waals surface area contributed by atoms with E-state index in [4.69, 9.17) is 26.6 Å². The van der Waals surface area contributed by atoms with Crippen LogP contribution in [0.4, 0.5) is 0 Å².